The van der Waals surface area contributed by atoms with E-state index in [2.05, 4.69) is 10.0 Å². The second-order valence-electron chi connectivity index (χ2n) is 5.74. The van der Waals surface area contributed by atoms with E-state index in [1.54, 1.807) is 6.07 Å². The third-order valence-electron chi connectivity index (χ3n) is 3.51. The fourth-order valence-electron chi connectivity index (χ4n) is 2.05. The molecule has 0 saturated heterocycles. The van der Waals surface area contributed by atoms with Crippen molar-refractivity contribution in [1.29, 1.82) is 0 Å². The van der Waals surface area contributed by atoms with Crippen LogP contribution in [-0.2, 0) is 19.6 Å². The molecule has 27 heavy (non-hydrogen) atoms. The lowest BCUT2D eigenvalue weighted by molar-refractivity contribution is -0.119. The van der Waals surface area contributed by atoms with Gasteiger partial charge in [0.2, 0.25) is 10.9 Å². The molecule has 0 radical (unpaired) electrons. The van der Waals surface area contributed by atoms with E-state index in [4.69, 9.17) is 32.4 Å². The van der Waals surface area contributed by atoms with Crippen LogP contribution in [0.15, 0.2) is 39.8 Å². The molecular formula is C16H14Cl2N2O6S. The summed E-state index contributed by atoms with van der Waals surface area (Å²) in [6.07, 6.45) is 1.53. The maximum absolute atomic E-state index is 12.0. The number of esters is 1. The molecule has 1 aromatic carbocycles. The lowest BCUT2D eigenvalue weighted by atomic mass is 10.3. The minimum absolute atomic E-state index is 0.101. The second kappa shape index (κ2) is 7.89. The van der Waals surface area contributed by atoms with Crippen LogP contribution in [0.2, 0.25) is 10.0 Å². The average molecular weight is 433 g/mol. The molecule has 0 unspecified atom stereocenters. The second-order valence-corrected chi connectivity index (χ2v) is 8.19. The Labute approximate surface area is 164 Å². The lowest BCUT2D eigenvalue weighted by Gasteiger charge is -2.09. The van der Waals surface area contributed by atoms with Gasteiger partial charge in [0.05, 0.1) is 15.7 Å². The third-order valence-corrected chi connectivity index (χ3v) is 5.53. The van der Waals surface area contributed by atoms with Crippen molar-refractivity contribution in [1.82, 2.24) is 4.72 Å². The summed E-state index contributed by atoms with van der Waals surface area (Å²) in [5.74, 6) is -1.99. The molecule has 1 saturated carbocycles. The standard InChI is InChI=1S/C16H14Cl2N2O6S/c17-10-2-1-3-11(18)15(10)19-13(21)8-25-16(22)12-6-7-14(26-12)27(23,24)20-9-4-5-9/h1-3,6-7,9,20H,4-5,8H2,(H,19,21). The fraction of sp³-hybridized carbons (Fsp3) is 0.250. The van der Waals surface area contributed by atoms with Crippen LogP contribution < -0.4 is 10.0 Å². The molecule has 2 N–H and O–H groups in total. The first kappa shape index (κ1) is 19.7. The molecule has 1 heterocycles. The van der Waals surface area contributed by atoms with Gasteiger partial charge in [-0.25, -0.2) is 17.9 Å². The molecule has 11 heteroatoms. The molecule has 1 fully saturated rings. The summed E-state index contributed by atoms with van der Waals surface area (Å²) in [5.41, 5.74) is 0.194. The van der Waals surface area contributed by atoms with E-state index >= 15 is 0 Å². The monoisotopic (exact) mass is 432 g/mol. The number of hydrogen-bond acceptors (Lipinski definition) is 6. The number of carbonyl (C=O) groups excluding carboxylic acids is 2. The molecular weight excluding hydrogens is 419 g/mol. The Hall–Kier alpha value is -2.07. The van der Waals surface area contributed by atoms with E-state index in [9.17, 15) is 18.0 Å². The summed E-state index contributed by atoms with van der Waals surface area (Å²) in [6.45, 7) is -0.635. The van der Waals surface area contributed by atoms with Crippen molar-refractivity contribution in [2.45, 2.75) is 24.0 Å². The smallest absolute Gasteiger partial charge is 0.374 e. The summed E-state index contributed by atoms with van der Waals surface area (Å²) in [4.78, 5) is 23.9. The van der Waals surface area contributed by atoms with Gasteiger partial charge < -0.3 is 14.5 Å². The Balaban J connectivity index is 1.57. The largest absolute Gasteiger partial charge is 0.450 e. The number of nitrogens with one attached hydrogen (secondary N) is 2. The zero-order valence-corrected chi connectivity index (χ0v) is 16.0. The molecule has 0 bridgehead atoms. The molecule has 2 aromatic rings. The summed E-state index contributed by atoms with van der Waals surface area (Å²) >= 11 is 11.9. The van der Waals surface area contributed by atoms with E-state index in [1.165, 1.54) is 12.1 Å². The summed E-state index contributed by atoms with van der Waals surface area (Å²) < 4.78 is 36.3. The van der Waals surface area contributed by atoms with Gasteiger partial charge in [-0.15, -0.1) is 0 Å². The number of rotatable bonds is 7. The van der Waals surface area contributed by atoms with Crippen molar-refractivity contribution in [3.8, 4) is 0 Å². The highest BCUT2D eigenvalue weighted by atomic mass is 35.5. The van der Waals surface area contributed by atoms with Crippen LogP contribution in [0.1, 0.15) is 23.4 Å². The van der Waals surface area contributed by atoms with Crippen LogP contribution in [0.4, 0.5) is 5.69 Å². The van der Waals surface area contributed by atoms with Crippen molar-refractivity contribution in [2.24, 2.45) is 0 Å². The number of hydrogen-bond donors (Lipinski definition) is 2. The van der Waals surface area contributed by atoms with E-state index in [1.807, 2.05) is 0 Å². The van der Waals surface area contributed by atoms with Crippen LogP contribution in [0.3, 0.4) is 0 Å². The van der Waals surface area contributed by atoms with Crippen molar-refractivity contribution in [3.63, 3.8) is 0 Å². The summed E-state index contributed by atoms with van der Waals surface area (Å²) in [6, 6.07) is 6.89. The number of carbonyl (C=O) groups is 2. The number of furan rings is 1. The minimum Gasteiger partial charge on any atom is -0.450 e. The average Bonchev–Trinajstić information content (AvgIpc) is 3.25. The van der Waals surface area contributed by atoms with E-state index in [0.29, 0.717) is 0 Å². The fourth-order valence-corrected chi connectivity index (χ4v) is 3.78. The van der Waals surface area contributed by atoms with Gasteiger partial charge in [-0.3, -0.25) is 4.79 Å². The molecule has 1 aliphatic rings. The van der Waals surface area contributed by atoms with Crippen LogP contribution in [0, 0.1) is 0 Å². The number of benzene rings is 1. The summed E-state index contributed by atoms with van der Waals surface area (Å²) in [7, 11) is -3.82. The Morgan fingerprint density at radius 1 is 1.15 bits per heavy atom. The van der Waals surface area contributed by atoms with E-state index < -0.39 is 33.6 Å². The van der Waals surface area contributed by atoms with Crippen LogP contribution in [0.25, 0.3) is 0 Å². The summed E-state index contributed by atoms with van der Waals surface area (Å²) in [5, 5.41) is 2.49. The molecule has 144 valence electrons. The van der Waals surface area contributed by atoms with E-state index in [-0.39, 0.29) is 27.5 Å². The first-order valence-corrected chi connectivity index (χ1v) is 10.0. The zero-order valence-electron chi connectivity index (χ0n) is 13.7. The quantitative estimate of drug-likeness (QED) is 0.649. The minimum atomic E-state index is -3.82. The van der Waals surface area contributed by atoms with Crippen LogP contribution in [0.5, 0.6) is 0 Å². The number of halogens is 2. The van der Waals surface area contributed by atoms with Crippen molar-refractivity contribution in [2.75, 3.05) is 11.9 Å². The first-order chi connectivity index (χ1) is 12.8. The third kappa shape index (κ3) is 5.01. The Morgan fingerprint density at radius 2 is 1.81 bits per heavy atom. The molecule has 1 aliphatic carbocycles. The lowest BCUT2D eigenvalue weighted by Crippen LogP contribution is -2.25. The molecule has 1 amide bonds. The normalized spacial score (nSPS) is 14.0. The van der Waals surface area contributed by atoms with Gasteiger partial charge in [0.15, 0.2) is 6.61 Å². The van der Waals surface area contributed by atoms with Crippen LogP contribution in [-0.4, -0.2) is 32.9 Å². The van der Waals surface area contributed by atoms with Gasteiger partial charge in [-0.2, -0.15) is 0 Å². The zero-order chi connectivity index (χ0) is 19.6. The number of ether oxygens (including phenoxy) is 1. The molecule has 0 atom stereocenters. The van der Waals surface area contributed by atoms with Gasteiger partial charge in [0.1, 0.15) is 0 Å². The highest BCUT2D eigenvalue weighted by molar-refractivity contribution is 7.89. The highest BCUT2D eigenvalue weighted by Gasteiger charge is 2.30. The van der Waals surface area contributed by atoms with Gasteiger partial charge in [-0.05, 0) is 37.1 Å². The van der Waals surface area contributed by atoms with Gasteiger partial charge in [0, 0.05) is 6.04 Å². The first-order valence-electron chi connectivity index (χ1n) is 7.79. The Kier molecular flexibility index (Phi) is 5.75. The SMILES string of the molecule is O=C(COC(=O)c1ccc(S(=O)(=O)NC2CC2)o1)Nc1c(Cl)cccc1Cl. The van der Waals surface area contributed by atoms with Crippen LogP contribution >= 0.6 is 23.2 Å². The highest BCUT2D eigenvalue weighted by Crippen LogP contribution is 2.29. The molecule has 0 aliphatic heterocycles. The van der Waals surface area contributed by atoms with Gasteiger partial charge >= 0.3 is 5.97 Å². The van der Waals surface area contributed by atoms with Crippen molar-refractivity contribution in [3.05, 3.63) is 46.1 Å². The maximum atomic E-state index is 12.0. The predicted octanol–water partition coefficient (Wildman–Crippen LogP) is 2.82. The molecule has 0 spiro atoms. The number of anilines is 1. The number of sulfonamides is 1. The van der Waals surface area contributed by atoms with Crippen molar-refractivity contribution < 1.29 is 27.2 Å². The number of para-hydroxylation sites is 1. The molecule has 3 rings (SSSR count). The topological polar surface area (TPSA) is 115 Å². The Bertz CT molecular complexity index is 964. The molecule has 8 nitrogen and oxygen atoms in total. The molecule has 1 aromatic heterocycles. The predicted molar refractivity (Wildman–Crippen MR) is 97.4 cm³/mol. The van der Waals surface area contributed by atoms with Gasteiger partial charge in [0.25, 0.3) is 15.9 Å². The van der Waals surface area contributed by atoms with Gasteiger partial charge in [-0.1, -0.05) is 29.3 Å². The number of amides is 1. The Morgan fingerprint density at radius 3 is 2.44 bits per heavy atom. The maximum Gasteiger partial charge on any atom is 0.374 e. The van der Waals surface area contributed by atoms with E-state index in [0.717, 1.165) is 25.0 Å². The van der Waals surface area contributed by atoms with Crippen molar-refractivity contribution >= 4 is 50.8 Å².